The van der Waals surface area contributed by atoms with E-state index in [1.165, 1.54) is 0 Å². The van der Waals surface area contributed by atoms with Crippen molar-refractivity contribution >= 4 is 26.6 Å². The molecule has 0 bridgehead atoms. The van der Waals surface area contributed by atoms with Crippen LogP contribution in [0.15, 0.2) is 23.2 Å². The number of fused-ring (bicyclic) bond motifs is 3. The topological polar surface area (TPSA) is 76.1 Å². The van der Waals surface area contributed by atoms with E-state index >= 15 is 0 Å². The number of sulfonamides is 1. The molecule has 132 valence electrons. The Balaban J connectivity index is 1.93. The zero-order chi connectivity index (χ0) is 17.8. The lowest BCUT2D eigenvalue weighted by atomic mass is 10.0. The number of nitrogens with zero attached hydrogens (tertiary/aromatic N) is 1. The van der Waals surface area contributed by atoms with Crippen LogP contribution in [0.5, 0.6) is 0 Å². The molecule has 1 aromatic heterocycles. The highest BCUT2D eigenvalue weighted by atomic mass is 32.2. The Hall–Kier alpha value is -1.79. The summed E-state index contributed by atoms with van der Waals surface area (Å²) in [6, 6.07) is 3.57. The number of benzene rings is 1. The van der Waals surface area contributed by atoms with Crippen molar-refractivity contribution in [2.45, 2.75) is 50.3 Å². The number of aromatic nitrogens is 1. The fourth-order valence-electron chi connectivity index (χ4n) is 3.43. The van der Waals surface area contributed by atoms with Crippen LogP contribution in [0, 0.1) is 5.92 Å². The van der Waals surface area contributed by atoms with Gasteiger partial charge in [0.1, 0.15) is 0 Å². The first-order valence-electron chi connectivity index (χ1n) is 8.85. The summed E-state index contributed by atoms with van der Waals surface area (Å²) in [5.41, 5.74) is 2.41. The molecule has 1 fully saturated rings. The first-order chi connectivity index (χ1) is 11.9. The molecule has 2 aliphatic carbocycles. The molecule has 0 atom stereocenters. The van der Waals surface area contributed by atoms with Gasteiger partial charge in [-0.1, -0.05) is 13.8 Å². The van der Waals surface area contributed by atoms with Crippen molar-refractivity contribution in [1.29, 1.82) is 0 Å². The Kier molecular flexibility index (Phi) is 3.92. The van der Waals surface area contributed by atoms with E-state index in [0.29, 0.717) is 41.6 Å². The van der Waals surface area contributed by atoms with Crippen LogP contribution in [0.25, 0.3) is 10.8 Å². The first-order valence-corrected chi connectivity index (χ1v) is 10.3. The number of carbonyl (C=O) groups excluding carboxylic acids is 1. The van der Waals surface area contributed by atoms with E-state index in [9.17, 15) is 13.2 Å². The van der Waals surface area contributed by atoms with Gasteiger partial charge in [0.2, 0.25) is 10.0 Å². The fourth-order valence-corrected chi connectivity index (χ4v) is 4.90. The molecule has 0 spiro atoms. The molecular formula is C19H22N2O3S. The minimum absolute atomic E-state index is 0.0834. The highest BCUT2D eigenvalue weighted by Gasteiger charge is 2.30. The second kappa shape index (κ2) is 5.88. The number of Topliss-reactive ketones (excluding diaryl/α,β-unsaturated/α-hetero) is 1. The van der Waals surface area contributed by atoms with Gasteiger partial charge in [-0.3, -0.25) is 9.78 Å². The zero-order valence-corrected chi connectivity index (χ0v) is 15.3. The van der Waals surface area contributed by atoms with Gasteiger partial charge in [0.15, 0.2) is 5.78 Å². The molecule has 0 unspecified atom stereocenters. The predicted octanol–water partition coefficient (Wildman–Crippen LogP) is 3.18. The molecule has 0 aliphatic heterocycles. The number of hydrogen-bond donors (Lipinski definition) is 1. The van der Waals surface area contributed by atoms with E-state index in [1.54, 1.807) is 12.3 Å². The third-order valence-electron chi connectivity index (χ3n) is 4.95. The van der Waals surface area contributed by atoms with Gasteiger partial charge in [-0.2, -0.15) is 0 Å². The van der Waals surface area contributed by atoms with Gasteiger partial charge in [-0.25, -0.2) is 13.1 Å². The van der Waals surface area contributed by atoms with Crippen LogP contribution in [-0.2, 0) is 16.4 Å². The lowest BCUT2D eigenvalue weighted by molar-refractivity contribution is 0.0996. The molecule has 6 heteroatoms. The molecule has 2 aromatic rings. The quantitative estimate of drug-likeness (QED) is 0.891. The number of carbonyl (C=O) groups is 1. The lowest BCUT2D eigenvalue weighted by Gasteiger charge is -2.14. The number of aryl methyl sites for hydroxylation is 1. The number of rotatable bonds is 5. The van der Waals surface area contributed by atoms with Crippen molar-refractivity contribution < 1.29 is 13.2 Å². The normalized spacial score (nSPS) is 17.5. The summed E-state index contributed by atoms with van der Waals surface area (Å²) < 4.78 is 28.5. The Labute approximate surface area is 147 Å². The highest BCUT2D eigenvalue weighted by Crippen LogP contribution is 2.41. The minimum Gasteiger partial charge on any atom is -0.294 e. The van der Waals surface area contributed by atoms with Crippen LogP contribution in [0.1, 0.15) is 60.6 Å². The van der Waals surface area contributed by atoms with E-state index in [2.05, 4.69) is 9.71 Å². The smallest absolute Gasteiger partial charge is 0.241 e. The molecule has 5 nitrogen and oxygen atoms in total. The summed E-state index contributed by atoms with van der Waals surface area (Å²) in [6.07, 6.45) is 4.93. The summed E-state index contributed by atoms with van der Waals surface area (Å²) in [5.74, 6) is 0.730. The first kappa shape index (κ1) is 16.7. The van der Waals surface area contributed by atoms with Gasteiger partial charge in [0, 0.05) is 47.1 Å². The summed E-state index contributed by atoms with van der Waals surface area (Å²) >= 11 is 0. The van der Waals surface area contributed by atoms with Crippen molar-refractivity contribution in [2.75, 3.05) is 6.54 Å². The molecule has 1 heterocycles. The van der Waals surface area contributed by atoms with Gasteiger partial charge in [-0.05, 0) is 42.9 Å². The van der Waals surface area contributed by atoms with E-state index in [1.807, 2.05) is 19.9 Å². The maximum Gasteiger partial charge on any atom is 0.241 e. The molecular weight excluding hydrogens is 336 g/mol. The molecule has 1 saturated carbocycles. The summed E-state index contributed by atoms with van der Waals surface area (Å²) in [4.78, 5) is 17.1. The van der Waals surface area contributed by atoms with Gasteiger partial charge >= 0.3 is 0 Å². The summed E-state index contributed by atoms with van der Waals surface area (Å²) in [5, 5.41) is 1.30. The number of ketones is 1. The predicted molar refractivity (Wildman–Crippen MR) is 96.4 cm³/mol. The van der Waals surface area contributed by atoms with Crippen LogP contribution in [0.3, 0.4) is 0 Å². The third-order valence-corrected chi connectivity index (χ3v) is 6.42. The number of pyridine rings is 1. The molecule has 4 rings (SSSR count). The highest BCUT2D eigenvalue weighted by molar-refractivity contribution is 7.89. The maximum atomic E-state index is 12.9. The molecule has 1 aromatic carbocycles. The molecule has 0 radical (unpaired) electrons. The van der Waals surface area contributed by atoms with Crippen LogP contribution in [0.2, 0.25) is 0 Å². The average molecular weight is 358 g/mol. The van der Waals surface area contributed by atoms with E-state index in [0.717, 1.165) is 24.1 Å². The zero-order valence-electron chi connectivity index (χ0n) is 14.5. The summed E-state index contributed by atoms with van der Waals surface area (Å²) in [7, 11) is -3.63. The van der Waals surface area contributed by atoms with E-state index < -0.39 is 10.0 Å². The average Bonchev–Trinajstić information content (AvgIpc) is 3.35. The largest absolute Gasteiger partial charge is 0.294 e. The van der Waals surface area contributed by atoms with Crippen LogP contribution in [0.4, 0.5) is 0 Å². The van der Waals surface area contributed by atoms with Gasteiger partial charge in [-0.15, -0.1) is 0 Å². The Morgan fingerprint density at radius 1 is 1.20 bits per heavy atom. The lowest BCUT2D eigenvalue weighted by Crippen LogP contribution is -2.28. The second-order valence-electron chi connectivity index (χ2n) is 7.51. The van der Waals surface area contributed by atoms with Crippen LogP contribution in [-0.4, -0.2) is 25.7 Å². The summed E-state index contributed by atoms with van der Waals surface area (Å²) in [6.45, 7) is 4.33. The Bertz CT molecular complexity index is 976. The van der Waals surface area contributed by atoms with Gasteiger partial charge in [0.25, 0.3) is 0 Å². The molecule has 25 heavy (non-hydrogen) atoms. The minimum atomic E-state index is -3.63. The standard InChI is InChI=1S/C19H22N2O3S/c1-11(2)9-21-25(23,24)18-7-13-5-6-17(22)19(13)15-10-20-16(8-14(15)18)12-3-4-12/h7-8,10-12,21H,3-6,9H2,1-2H3. The monoisotopic (exact) mass is 358 g/mol. The SMILES string of the molecule is CC(C)CNS(=O)(=O)c1cc2c(c3cnc(C4CC4)cc13)C(=O)CC2. The maximum absolute atomic E-state index is 12.9. The number of hydrogen-bond acceptors (Lipinski definition) is 4. The third kappa shape index (κ3) is 2.98. The molecule has 2 aliphatic rings. The van der Waals surface area contributed by atoms with E-state index in [-0.39, 0.29) is 16.6 Å². The molecule has 0 saturated heterocycles. The fraction of sp³-hybridized carbons (Fsp3) is 0.474. The van der Waals surface area contributed by atoms with Crippen LogP contribution >= 0.6 is 0 Å². The molecule has 0 amide bonds. The van der Waals surface area contributed by atoms with Crippen molar-refractivity contribution in [3.63, 3.8) is 0 Å². The van der Waals surface area contributed by atoms with Gasteiger partial charge in [0.05, 0.1) is 4.90 Å². The second-order valence-corrected chi connectivity index (χ2v) is 9.24. The van der Waals surface area contributed by atoms with Crippen LogP contribution < -0.4 is 4.72 Å². The van der Waals surface area contributed by atoms with E-state index in [4.69, 9.17) is 0 Å². The molecule has 1 N–H and O–H groups in total. The number of nitrogens with one attached hydrogen (secondary N) is 1. The van der Waals surface area contributed by atoms with Crippen molar-refractivity contribution in [3.8, 4) is 0 Å². The van der Waals surface area contributed by atoms with Crippen molar-refractivity contribution in [3.05, 3.63) is 35.2 Å². The van der Waals surface area contributed by atoms with Crippen molar-refractivity contribution in [1.82, 2.24) is 9.71 Å². The van der Waals surface area contributed by atoms with Gasteiger partial charge < -0.3 is 0 Å². The Morgan fingerprint density at radius 3 is 2.64 bits per heavy atom. The Morgan fingerprint density at radius 2 is 1.96 bits per heavy atom. The van der Waals surface area contributed by atoms with Crippen molar-refractivity contribution in [2.24, 2.45) is 5.92 Å².